The van der Waals surface area contributed by atoms with Crippen molar-refractivity contribution in [3.8, 4) is 5.75 Å². The van der Waals surface area contributed by atoms with E-state index in [9.17, 15) is 0 Å². The largest absolute Gasteiger partial charge is 0.496 e. The summed E-state index contributed by atoms with van der Waals surface area (Å²) in [6.07, 6.45) is 2.68. The van der Waals surface area contributed by atoms with Crippen LogP contribution in [0.3, 0.4) is 0 Å². The molecule has 0 saturated carbocycles. The van der Waals surface area contributed by atoms with Crippen LogP contribution in [0.25, 0.3) is 0 Å². The molecule has 0 radical (unpaired) electrons. The third-order valence-corrected chi connectivity index (χ3v) is 3.48. The maximum atomic E-state index is 5.28. The number of ether oxygens (including phenoxy) is 1. The van der Waals surface area contributed by atoms with Crippen molar-refractivity contribution in [1.29, 1.82) is 0 Å². The van der Waals surface area contributed by atoms with E-state index in [0.717, 1.165) is 16.8 Å². The highest BCUT2D eigenvalue weighted by molar-refractivity contribution is 9.10. The molecule has 1 aliphatic heterocycles. The first-order valence-corrected chi connectivity index (χ1v) is 6.13. The van der Waals surface area contributed by atoms with Crippen molar-refractivity contribution >= 4 is 15.9 Å². The Morgan fingerprint density at radius 2 is 2.07 bits per heavy atom. The summed E-state index contributed by atoms with van der Waals surface area (Å²) in [7, 11) is 1.71. The fourth-order valence-electron chi connectivity index (χ4n) is 2.00. The average molecular weight is 270 g/mol. The van der Waals surface area contributed by atoms with Crippen LogP contribution in [0, 0.1) is 0 Å². The second-order valence-corrected chi connectivity index (χ2v) is 4.81. The summed E-state index contributed by atoms with van der Waals surface area (Å²) in [5, 5.41) is 0. The van der Waals surface area contributed by atoms with Crippen molar-refractivity contribution in [2.45, 2.75) is 19.4 Å². The highest BCUT2D eigenvalue weighted by Gasteiger charge is 2.12. The molecule has 2 rings (SSSR count). The van der Waals surface area contributed by atoms with Crippen LogP contribution in [0.15, 0.2) is 22.7 Å². The van der Waals surface area contributed by atoms with Gasteiger partial charge in [-0.15, -0.1) is 0 Å². The number of halogens is 1. The Morgan fingerprint density at radius 1 is 1.33 bits per heavy atom. The fourth-order valence-corrected chi connectivity index (χ4v) is 2.41. The lowest BCUT2D eigenvalue weighted by Gasteiger charge is -2.15. The van der Waals surface area contributed by atoms with Crippen LogP contribution in [0.2, 0.25) is 0 Å². The number of hydrogen-bond acceptors (Lipinski definition) is 2. The molecule has 1 aromatic carbocycles. The van der Waals surface area contributed by atoms with Gasteiger partial charge in [-0.1, -0.05) is 6.07 Å². The lowest BCUT2D eigenvalue weighted by molar-refractivity contribution is 0.330. The summed E-state index contributed by atoms with van der Waals surface area (Å²) < 4.78 is 6.31. The van der Waals surface area contributed by atoms with Crippen molar-refractivity contribution in [3.05, 3.63) is 28.2 Å². The highest BCUT2D eigenvalue weighted by atomic mass is 79.9. The monoisotopic (exact) mass is 269 g/mol. The topological polar surface area (TPSA) is 12.5 Å². The molecule has 1 fully saturated rings. The van der Waals surface area contributed by atoms with Gasteiger partial charge in [0.15, 0.2) is 0 Å². The van der Waals surface area contributed by atoms with E-state index in [0.29, 0.717) is 0 Å². The van der Waals surface area contributed by atoms with Crippen molar-refractivity contribution in [3.63, 3.8) is 0 Å². The van der Waals surface area contributed by atoms with E-state index in [4.69, 9.17) is 4.74 Å². The van der Waals surface area contributed by atoms with Gasteiger partial charge in [0.05, 0.1) is 11.6 Å². The molecule has 0 unspecified atom stereocenters. The Kier molecular flexibility index (Phi) is 3.65. The van der Waals surface area contributed by atoms with E-state index in [1.165, 1.54) is 31.5 Å². The van der Waals surface area contributed by atoms with E-state index >= 15 is 0 Å². The molecular weight excluding hydrogens is 254 g/mol. The minimum absolute atomic E-state index is 0.923. The van der Waals surface area contributed by atoms with E-state index < -0.39 is 0 Å². The van der Waals surface area contributed by atoms with Crippen molar-refractivity contribution in [2.24, 2.45) is 0 Å². The predicted octanol–water partition coefficient (Wildman–Crippen LogP) is 3.05. The average Bonchev–Trinajstić information content (AvgIpc) is 2.73. The van der Waals surface area contributed by atoms with Crippen LogP contribution < -0.4 is 4.74 Å². The van der Waals surface area contributed by atoms with Crippen LogP contribution in [0.5, 0.6) is 5.75 Å². The van der Waals surface area contributed by atoms with Gasteiger partial charge in [0, 0.05) is 6.54 Å². The van der Waals surface area contributed by atoms with E-state index in [1.807, 2.05) is 0 Å². The summed E-state index contributed by atoms with van der Waals surface area (Å²) in [5.74, 6) is 0.923. The molecule has 3 heteroatoms. The third-order valence-electron chi connectivity index (χ3n) is 2.82. The number of hydrogen-bond donors (Lipinski definition) is 0. The minimum atomic E-state index is 0.923. The van der Waals surface area contributed by atoms with Gasteiger partial charge in [-0.2, -0.15) is 0 Å². The molecule has 0 atom stereocenters. The molecule has 0 aliphatic carbocycles. The zero-order valence-corrected chi connectivity index (χ0v) is 10.6. The molecule has 1 aromatic rings. The Bertz CT molecular complexity index is 334. The normalized spacial score (nSPS) is 16.9. The van der Waals surface area contributed by atoms with E-state index in [-0.39, 0.29) is 0 Å². The first-order chi connectivity index (χ1) is 7.29. The number of methoxy groups -OCH3 is 1. The Hall–Kier alpha value is -0.540. The van der Waals surface area contributed by atoms with Gasteiger partial charge < -0.3 is 4.74 Å². The predicted molar refractivity (Wildman–Crippen MR) is 65.2 cm³/mol. The number of rotatable bonds is 3. The lowest BCUT2D eigenvalue weighted by Crippen LogP contribution is -2.18. The van der Waals surface area contributed by atoms with Gasteiger partial charge in [-0.3, -0.25) is 4.90 Å². The Balaban J connectivity index is 2.07. The van der Waals surface area contributed by atoms with Crippen LogP contribution in [-0.4, -0.2) is 25.1 Å². The van der Waals surface area contributed by atoms with Crippen LogP contribution >= 0.6 is 15.9 Å². The van der Waals surface area contributed by atoms with Gasteiger partial charge in [0.25, 0.3) is 0 Å². The number of benzene rings is 1. The quantitative estimate of drug-likeness (QED) is 0.837. The molecule has 1 heterocycles. The molecule has 0 N–H and O–H groups in total. The molecule has 0 spiro atoms. The number of likely N-dealkylation sites (tertiary alicyclic amines) is 1. The fraction of sp³-hybridized carbons (Fsp3) is 0.500. The van der Waals surface area contributed by atoms with Gasteiger partial charge >= 0.3 is 0 Å². The third kappa shape index (κ3) is 2.73. The highest BCUT2D eigenvalue weighted by Crippen LogP contribution is 2.26. The zero-order valence-electron chi connectivity index (χ0n) is 9.00. The van der Waals surface area contributed by atoms with E-state index in [1.54, 1.807) is 7.11 Å². The maximum absolute atomic E-state index is 5.28. The van der Waals surface area contributed by atoms with Crippen LogP contribution in [0.1, 0.15) is 18.4 Å². The van der Waals surface area contributed by atoms with Crippen molar-refractivity contribution in [1.82, 2.24) is 4.90 Å². The summed E-state index contributed by atoms with van der Waals surface area (Å²) in [6.45, 7) is 3.51. The molecule has 82 valence electrons. The van der Waals surface area contributed by atoms with E-state index in [2.05, 4.69) is 39.0 Å². The Labute approximate surface area is 99.4 Å². The first-order valence-electron chi connectivity index (χ1n) is 5.34. The lowest BCUT2D eigenvalue weighted by atomic mass is 10.2. The van der Waals surface area contributed by atoms with Gasteiger partial charge in [-0.05, 0) is 59.6 Å². The van der Waals surface area contributed by atoms with Gasteiger partial charge in [0.1, 0.15) is 5.75 Å². The molecule has 1 aliphatic rings. The first kappa shape index (κ1) is 11.0. The second kappa shape index (κ2) is 4.99. The van der Waals surface area contributed by atoms with Gasteiger partial charge in [0.2, 0.25) is 0 Å². The molecule has 2 nitrogen and oxygen atoms in total. The summed E-state index contributed by atoms with van der Waals surface area (Å²) in [5.41, 5.74) is 1.33. The maximum Gasteiger partial charge on any atom is 0.133 e. The SMILES string of the molecule is COc1cc(CN2CCCC2)ccc1Br. The van der Waals surface area contributed by atoms with Crippen molar-refractivity contribution < 1.29 is 4.74 Å². The summed E-state index contributed by atoms with van der Waals surface area (Å²) in [6, 6.07) is 6.33. The summed E-state index contributed by atoms with van der Waals surface area (Å²) in [4.78, 5) is 2.49. The minimum Gasteiger partial charge on any atom is -0.496 e. The second-order valence-electron chi connectivity index (χ2n) is 3.95. The zero-order chi connectivity index (χ0) is 10.7. The molecule has 15 heavy (non-hydrogen) atoms. The van der Waals surface area contributed by atoms with Crippen molar-refractivity contribution in [2.75, 3.05) is 20.2 Å². The standard InChI is InChI=1S/C12H16BrNO/c1-15-12-8-10(4-5-11(12)13)9-14-6-2-3-7-14/h4-5,8H,2-3,6-7,9H2,1H3. The molecule has 0 bridgehead atoms. The molecule has 1 saturated heterocycles. The molecular formula is C12H16BrNO. The molecule has 0 aromatic heterocycles. The van der Waals surface area contributed by atoms with Crippen LogP contribution in [0.4, 0.5) is 0 Å². The smallest absolute Gasteiger partial charge is 0.133 e. The summed E-state index contributed by atoms with van der Waals surface area (Å²) >= 11 is 3.46. The van der Waals surface area contributed by atoms with Gasteiger partial charge in [-0.25, -0.2) is 0 Å². The Morgan fingerprint density at radius 3 is 2.73 bits per heavy atom. The van der Waals surface area contributed by atoms with Crippen LogP contribution in [-0.2, 0) is 6.54 Å². The molecule has 0 amide bonds. The number of nitrogens with zero attached hydrogens (tertiary/aromatic N) is 1.